The molecule has 1 aromatic rings. The third-order valence-corrected chi connectivity index (χ3v) is 4.41. The highest BCUT2D eigenvalue weighted by molar-refractivity contribution is 7.99. The number of nitrogens with zero attached hydrogens (tertiary/aromatic N) is 1. The normalized spacial score (nSPS) is 12.4. The lowest BCUT2D eigenvalue weighted by molar-refractivity contribution is -0.142. The largest absolute Gasteiger partial charge is 0.468 e. The van der Waals surface area contributed by atoms with Gasteiger partial charge in [0, 0.05) is 4.88 Å². The number of carbonyl (C=O) groups excluding carboxylic acids is 1. The summed E-state index contributed by atoms with van der Waals surface area (Å²) in [5, 5.41) is 0. The quantitative estimate of drug-likeness (QED) is 0.604. The zero-order valence-corrected chi connectivity index (χ0v) is 11.8. The zero-order chi connectivity index (χ0) is 12.7. The Labute approximate surface area is 110 Å². The van der Waals surface area contributed by atoms with E-state index in [0.29, 0.717) is 6.42 Å². The average Bonchev–Trinajstić information content (AvgIpc) is 2.73. The molecule has 0 aromatic carbocycles. The van der Waals surface area contributed by atoms with Gasteiger partial charge in [0.2, 0.25) is 0 Å². The number of methoxy groups -OCH3 is 1. The lowest BCUT2D eigenvalue weighted by atomic mass is 10.2. The number of thioether (sulfide) groups is 1. The van der Waals surface area contributed by atoms with Crippen LogP contribution in [-0.2, 0) is 16.0 Å². The Kier molecular flexibility index (Phi) is 6.54. The van der Waals surface area contributed by atoms with E-state index in [-0.39, 0.29) is 5.97 Å². The Hall–Kier alpha value is -0.590. The predicted octanol–water partition coefficient (Wildman–Crippen LogP) is 1.62. The highest BCUT2D eigenvalue weighted by Crippen LogP contribution is 2.16. The second-order valence-electron chi connectivity index (χ2n) is 3.64. The second kappa shape index (κ2) is 7.68. The van der Waals surface area contributed by atoms with Gasteiger partial charge >= 0.3 is 5.97 Å². The van der Waals surface area contributed by atoms with Crippen molar-refractivity contribution in [3.8, 4) is 0 Å². The number of nitrogens with two attached hydrogens (primary N) is 1. The van der Waals surface area contributed by atoms with Crippen LogP contribution in [0.15, 0.2) is 5.51 Å². The van der Waals surface area contributed by atoms with Crippen LogP contribution in [0, 0.1) is 6.92 Å². The van der Waals surface area contributed by atoms with Gasteiger partial charge in [-0.25, -0.2) is 4.98 Å². The molecule has 1 rings (SSSR count). The molecule has 1 unspecified atom stereocenters. The Bertz CT molecular complexity index is 355. The highest BCUT2D eigenvalue weighted by Gasteiger charge is 2.12. The van der Waals surface area contributed by atoms with Crippen molar-refractivity contribution < 1.29 is 9.53 Å². The summed E-state index contributed by atoms with van der Waals surface area (Å²) in [6.07, 6.45) is 1.70. The van der Waals surface area contributed by atoms with Crippen LogP contribution in [-0.4, -0.2) is 35.6 Å². The molecule has 2 N–H and O–H groups in total. The number of thiazole rings is 1. The number of hydrogen-bond donors (Lipinski definition) is 1. The summed E-state index contributed by atoms with van der Waals surface area (Å²) in [6.45, 7) is 2.03. The van der Waals surface area contributed by atoms with E-state index in [1.165, 1.54) is 12.0 Å². The smallest absolute Gasteiger partial charge is 0.322 e. The lowest BCUT2D eigenvalue weighted by Gasteiger charge is -2.08. The zero-order valence-electron chi connectivity index (χ0n) is 10.1. The first-order valence-electron chi connectivity index (χ1n) is 5.45. The van der Waals surface area contributed by atoms with Crippen molar-refractivity contribution in [1.82, 2.24) is 4.98 Å². The predicted molar refractivity (Wildman–Crippen MR) is 72.5 cm³/mol. The summed E-state index contributed by atoms with van der Waals surface area (Å²) >= 11 is 3.51. The Morgan fingerprint density at radius 2 is 2.41 bits per heavy atom. The van der Waals surface area contributed by atoms with Gasteiger partial charge in [-0.3, -0.25) is 4.79 Å². The van der Waals surface area contributed by atoms with Crippen LogP contribution in [0.4, 0.5) is 0 Å². The number of ether oxygens (including phenoxy) is 1. The van der Waals surface area contributed by atoms with Crippen LogP contribution < -0.4 is 5.73 Å². The summed E-state index contributed by atoms with van der Waals surface area (Å²) in [5.41, 5.74) is 8.64. The van der Waals surface area contributed by atoms with Gasteiger partial charge in [0.25, 0.3) is 0 Å². The molecule has 0 fully saturated rings. The minimum absolute atomic E-state index is 0.330. The van der Waals surface area contributed by atoms with Crippen molar-refractivity contribution >= 4 is 29.1 Å². The summed E-state index contributed by atoms with van der Waals surface area (Å²) in [4.78, 5) is 16.6. The standard InChI is InChI=1S/C11H18N2O2S2/c1-8-10(17-7-13-8)4-6-16-5-3-9(12)11(14)15-2/h7,9H,3-6,12H2,1-2H3. The Balaban J connectivity index is 2.09. The molecule has 96 valence electrons. The summed E-state index contributed by atoms with van der Waals surface area (Å²) in [7, 11) is 1.36. The van der Waals surface area contributed by atoms with Crippen LogP contribution in [0.2, 0.25) is 0 Å². The number of carbonyl (C=O) groups is 1. The van der Waals surface area contributed by atoms with Crippen molar-refractivity contribution in [3.63, 3.8) is 0 Å². The Morgan fingerprint density at radius 1 is 1.65 bits per heavy atom. The monoisotopic (exact) mass is 274 g/mol. The third kappa shape index (κ3) is 5.06. The lowest BCUT2D eigenvalue weighted by Crippen LogP contribution is -2.32. The van der Waals surface area contributed by atoms with Crippen LogP contribution in [0.3, 0.4) is 0 Å². The van der Waals surface area contributed by atoms with E-state index in [1.807, 2.05) is 24.2 Å². The molecule has 1 heterocycles. The van der Waals surface area contributed by atoms with Crippen molar-refractivity contribution in [2.45, 2.75) is 25.8 Å². The fraction of sp³-hybridized carbons (Fsp3) is 0.636. The van der Waals surface area contributed by atoms with Gasteiger partial charge in [-0.15, -0.1) is 11.3 Å². The van der Waals surface area contributed by atoms with E-state index < -0.39 is 6.04 Å². The molecule has 17 heavy (non-hydrogen) atoms. The highest BCUT2D eigenvalue weighted by atomic mass is 32.2. The van der Waals surface area contributed by atoms with Crippen LogP contribution in [0.1, 0.15) is 17.0 Å². The number of rotatable bonds is 7. The molecule has 0 bridgehead atoms. The molecule has 0 saturated carbocycles. The maximum atomic E-state index is 11.0. The first-order chi connectivity index (χ1) is 8.15. The van der Waals surface area contributed by atoms with E-state index in [4.69, 9.17) is 5.73 Å². The second-order valence-corrected chi connectivity index (χ2v) is 5.81. The van der Waals surface area contributed by atoms with Gasteiger partial charge in [-0.05, 0) is 31.3 Å². The SMILES string of the molecule is COC(=O)C(N)CCSCCc1scnc1C. The maximum absolute atomic E-state index is 11.0. The average molecular weight is 274 g/mol. The van der Waals surface area contributed by atoms with Gasteiger partial charge in [0.15, 0.2) is 0 Å². The van der Waals surface area contributed by atoms with Gasteiger partial charge in [0.05, 0.1) is 18.3 Å². The van der Waals surface area contributed by atoms with Gasteiger partial charge < -0.3 is 10.5 Å². The Morgan fingerprint density at radius 3 is 3.00 bits per heavy atom. The molecule has 1 aromatic heterocycles. The van der Waals surface area contributed by atoms with Crippen molar-refractivity contribution in [3.05, 3.63) is 16.1 Å². The molecule has 0 aliphatic rings. The molecule has 0 spiro atoms. The van der Waals surface area contributed by atoms with Crippen molar-refractivity contribution in [2.24, 2.45) is 5.73 Å². The molecule has 4 nitrogen and oxygen atoms in total. The van der Waals surface area contributed by atoms with Gasteiger partial charge in [-0.1, -0.05) is 0 Å². The topological polar surface area (TPSA) is 65.2 Å². The van der Waals surface area contributed by atoms with E-state index in [0.717, 1.165) is 23.6 Å². The summed E-state index contributed by atoms with van der Waals surface area (Å²) in [6, 6.07) is -0.488. The third-order valence-electron chi connectivity index (χ3n) is 2.40. The number of hydrogen-bond acceptors (Lipinski definition) is 6. The van der Waals surface area contributed by atoms with Crippen LogP contribution in [0.5, 0.6) is 0 Å². The number of aryl methyl sites for hydroxylation is 2. The molecule has 0 amide bonds. The van der Waals surface area contributed by atoms with E-state index in [2.05, 4.69) is 9.72 Å². The minimum Gasteiger partial charge on any atom is -0.468 e. The summed E-state index contributed by atoms with van der Waals surface area (Å²) < 4.78 is 4.56. The number of esters is 1. The molecule has 6 heteroatoms. The number of aromatic nitrogens is 1. The maximum Gasteiger partial charge on any atom is 0.322 e. The molecule has 1 atom stereocenters. The van der Waals surface area contributed by atoms with E-state index >= 15 is 0 Å². The van der Waals surface area contributed by atoms with Crippen LogP contribution in [0.25, 0.3) is 0 Å². The molecule has 0 radical (unpaired) electrons. The van der Waals surface area contributed by atoms with Crippen molar-refractivity contribution in [1.29, 1.82) is 0 Å². The summed E-state index contributed by atoms with van der Waals surface area (Å²) in [5.74, 6) is 1.59. The van der Waals surface area contributed by atoms with Crippen LogP contribution >= 0.6 is 23.1 Å². The van der Waals surface area contributed by atoms with Gasteiger partial charge in [-0.2, -0.15) is 11.8 Å². The molecule has 0 aliphatic heterocycles. The molecular formula is C11H18N2O2S2. The first-order valence-corrected chi connectivity index (χ1v) is 7.48. The van der Waals surface area contributed by atoms with E-state index in [9.17, 15) is 4.79 Å². The van der Waals surface area contributed by atoms with Crippen molar-refractivity contribution in [2.75, 3.05) is 18.6 Å². The fourth-order valence-corrected chi connectivity index (χ4v) is 3.20. The molecule has 0 saturated heterocycles. The molecular weight excluding hydrogens is 256 g/mol. The minimum atomic E-state index is -0.488. The van der Waals surface area contributed by atoms with Gasteiger partial charge in [0.1, 0.15) is 6.04 Å². The van der Waals surface area contributed by atoms with E-state index in [1.54, 1.807) is 11.3 Å². The molecule has 0 aliphatic carbocycles. The first kappa shape index (κ1) is 14.5. The fourth-order valence-electron chi connectivity index (χ4n) is 1.31.